The van der Waals surface area contributed by atoms with E-state index in [1.165, 1.54) is 11.3 Å². The molecule has 1 amide bonds. The minimum Gasteiger partial charge on any atom is -0.348 e. The van der Waals surface area contributed by atoms with Crippen LogP contribution in [0.1, 0.15) is 33.9 Å². The molecule has 0 atom stereocenters. The number of rotatable bonds is 7. The van der Waals surface area contributed by atoms with E-state index in [2.05, 4.69) is 49.1 Å². The van der Waals surface area contributed by atoms with Crippen molar-refractivity contribution in [2.45, 2.75) is 36.7 Å². The summed E-state index contributed by atoms with van der Waals surface area (Å²) >= 11 is 3.05. The van der Waals surface area contributed by atoms with E-state index in [1.54, 1.807) is 24.2 Å². The number of carbonyl (C=O) groups is 1. The number of aromatic nitrogens is 5. The molecule has 156 valence electrons. The van der Waals surface area contributed by atoms with Crippen molar-refractivity contribution in [2.75, 3.05) is 0 Å². The van der Waals surface area contributed by atoms with E-state index >= 15 is 0 Å². The van der Waals surface area contributed by atoms with Gasteiger partial charge in [-0.25, -0.2) is 4.98 Å². The molecule has 1 aliphatic rings. The molecule has 5 rings (SSSR count). The number of thioether (sulfide) groups is 1. The second kappa shape index (κ2) is 8.60. The van der Waals surface area contributed by atoms with Crippen LogP contribution in [0.3, 0.4) is 0 Å². The number of hydrogen-bond donors (Lipinski definition) is 1. The quantitative estimate of drug-likeness (QED) is 0.425. The highest BCUT2D eigenvalue weighted by molar-refractivity contribution is 7.98. The van der Waals surface area contributed by atoms with Gasteiger partial charge in [0.2, 0.25) is 0 Å². The number of pyridine rings is 1. The molecule has 0 aliphatic heterocycles. The Labute approximate surface area is 188 Å². The van der Waals surface area contributed by atoms with Gasteiger partial charge in [-0.1, -0.05) is 30.0 Å². The molecule has 1 aliphatic carbocycles. The molecule has 3 aromatic heterocycles. The molecule has 1 N–H and O–H groups in total. The van der Waals surface area contributed by atoms with Crippen molar-refractivity contribution in [1.82, 2.24) is 30.0 Å². The number of nitrogens with zero attached hydrogens (tertiary/aromatic N) is 5. The maximum absolute atomic E-state index is 12.2. The van der Waals surface area contributed by atoms with Gasteiger partial charge in [0, 0.05) is 29.4 Å². The Balaban J connectivity index is 1.42. The fraction of sp³-hybridized carbons (Fsp3) is 0.227. The zero-order valence-corrected chi connectivity index (χ0v) is 18.5. The van der Waals surface area contributed by atoms with Crippen molar-refractivity contribution in [2.24, 2.45) is 0 Å². The number of para-hydroxylation sites is 1. The van der Waals surface area contributed by atoms with Crippen LogP contribution in [0.15, 0.2) is 59.3 Å². The van der Waals surface area contributed by atoms with Gasteiger partial charge in [0.15, 0.2) is 11.0 Å². The van der Waals surface area contributed by atoms with Crippen LogP contribution in [0.25, 0.3) is 17.1 Å². The van der Waals surface area contributed by atoms with E-state index in [9.17, 15) is 4.79 Å². The predicted octanol–water partition coefficient (Wildman–Crippen LogP) is 4.28. The number of aryl methyl sites for hydroxylation is 1. The summed E-state index contributed by atoms with van der Waals surface area (Å²) in [4.78, 5) is 21.0. The molecule has 7 nitrogen and oxygen atoms in total. The number of amides is 1. The zero-order valence-electron chi connectivity index (χ0n) is 16.9. The first-order valence-electron chi connectivity index (χ1n) is 9.99. The summed E-state index contributed by atoms with van der Waals surface area (Å²) in [6.45, 7) is 2.07. The summed E-state index contributed by atoms with van der Waals surface area (Å²) in [5.41, 5.74) is 3.54. The Hall–Kier alpha value is -3.04. The van der Waals surface area contributed by atoms with Gasteiger partial charge in [-0.3, -0.25) is 14.3 Å². The monoisotopic (exact) mass is 448 g/mol. The van der Waals surface area contributed by atoms with Gasteiger partial charge in [0.1, 0.15) is 10.7 Å². The second-order valence-corrected chi connectivity index (χ2v) is 9.22. The average Bonchev–Trinajstić information content (AvgIpc) is 3.31. The van der Waals surface area contributed by atoms with Gasteiger partial charge in [-0.15, -0.1) is 21.5 Å². The maximum Gasteiger partial charge on any atom is 0.270 e. The van der Waals surface area contributed by atoms with Gasteiger partial charge in [-0.2, -0.15) is 0 Å². The Morgan fingerprint density at radius 1 is 1.23 bits per heavy atom. The topological polar surface area (TPSA) is 85.6 Å². The van der Waals surface area contributed by atoms with Crippen molar-refractivity contribution in [3.8, 4) is 17.1 Å². The summed E-state index contributed by atoms with van der Waals surface area (Å²) in [6, 6.07) is 12.4. The predicted molar refractivity (Wildman–Crippen MR) is 121 cm³/mol. The van der Waals surface area contributed by atoms with Crippen LogP contribution in [0, 0.1) is 6.92 Å². The van der Waals surface area contributed by atoms with Crippen LogP contribution in [0.5, 0.6) is 0 Å². The first kappa shape index (κ1) is 19.9. The summed E-state index contributed by atoms with van der Waals surface area (Å²) in [7, 11) is 0. The van der Waals surface area contributed by atoms with Crippen molar-refractivity contribution in [1.29, 1.82) is 0 Å². The van der Waals surface area contributed by atoms with E-state index < -0.39 is 0 Å². The number of carbonyl (C=O) groups excluding carboxylic acids is 1. The average molecular weight is 449 g/mol. The van der Waals surface area contributed by atoms with Crippen molar-refractivity contribution in [3.63, 3.8) is 0 Å². The summed E-state index contributed by atoms with van der Waals surface area (Å²) in [5, 5.41) is 15.4. The van der Waals surface area contributed by atoms with Crippen LogP contribution in [0.2, 0.25) is 0 Å². The molecule has 0 radical (unpaired) electrons. The maximum atomic E-state index is 12.2. The molecule has 1 fully saturated rings. The van der Waals surface area contributed by atoms with E-state index in [-0.39, 0.29) is 5.91 Å². The van der Waals surface area contributed by atoms with Gasteiger partial charge < -0.3 is 5.32 Å². The number of benzene rings is 1. The smallest absolute Gasteiger partial charge is 0.270 e. The third-order valence-corrected chi connectivity index (χ3v) is 6.90. The lowest BCUT2D eigenvalue weighted by Gasteiger charge is -2.12. The normalized spacial score (nSPS) is 13.3. The Kier molecular flexibility index (Phi) is 5.52. The molecule has 1 saturated carbocycles. The minimum atomic E-state index is -0.0862. The molecular formula is C22H20N6OS2. The molecule has 1 aromatic carbocycles. The van der Waals surface area contributed by atoms with E-state index in [0.717, 1.165) is 45.6 Å². The van der Waals surface area contributed by atoms with Crippen LogP contribution in [0.4, 0.5) is 0 Å². The molecular weight excluding hydrogens is 428 g/mol. The highest BCUT2D eigenvalue weighted by Crippen LogP contribution is 2.31. The molecule has 0 saturated heterocycles. The number of thiazole rings is 1. The van der Waals surface area contributed by atoms with Gasteiger partial charge in [0.25, 0.3) is 5.91 Å². The Bertz CT molecular complexity index is 1220. The number of nitrogens with one attached hydrogen (secondary N) is 1. The first-order valence-corrected chi connectivity index (χ1v) is 11.9. The van der Waals surface area contributed by atoms with Gasteiger partial charge in [0.05, 0.1) is 11.4 Å². The Morgan fingerprint density at radius 3 is 2.87 bits per heavy atom. The lowest BCUT2D eigenvalue weighted by atomic mass is 10.2. The SMILES string of the molecule is Cc1ccccc1-n1c(SCc2nc(C(=O)NC3CC3)cs2)nnc1-c1cccnc1. The van der Waals surface area contributed by atoms with Crippen LogP contribution < -0.4 is 5.32 Å². The first-order chi connectivity index (χ1) is 15.2. The fourth-order valence-electron chi connectivity index (χ4n) is 3.17. The molecule has 0 unspecified atom stereocenters. The Morgan fingerprint density at radius 2 is 2.10 bits per heavy atom. The zero-order chi connectivity index (χ0) is 21.2. The summed E-state index contributed by atoms with van der Waals surface area (Å²) in [6.07, 6.45) is 5.66. The largest absolute Gasteiger partial charge is 0.348 e. The van der Waals surface area contributed by atoms with Gasteiger partial charge >= 0.3 is 0 Å². The molecule has 0 spiro atoms. The van der Waals surface area contributed by atoms with E-state index in [0.29, 0.717) is 17.5 Å². The van der Waals surface area contributed by atoms with Crippen molar-refractivity contribution >= 4 is 29.0 Å². The van der Waals surface area contributed by atoms with Gasteiger partial charge in [-0.05, 0) is 43.5 Å². The number of hydrogen-bond acceptors (Lipinski definition) is 7. The van der Waals surface area contributed by atoms with Crippen molar-refractivity contribution < 1.29 is 4.79 Å². The van der Waals surface area contributed by atoms with E-state index in [1.807, 2.05) is 29.6 Å². The molecule has 31 heavy (non-hydrogen) atoms. The highest BCUT2D eigenvalue weighted by Gasteiger charge is 2.25. The standard InChI is InChI=1S/C22H20N6OS2/c1-14-5-2-3-7-18(14)28-20(15-6-4-10-23-11-15)26-27-22(28)31-13-19-25-17(12-30-19)21(29)24-16-8-9-16/h2-7,10-12,16H,8-9,13H2,1H3,(H,24,29). The van der Waals surface area contributed by atoms with Crippen LogP contribution in [-0.2, 0) is 5.75 Å². The van der Waals surface area contributed by atoms with Crippen LogP contribution in [-0.4, -0.2) is 36.7 Å². The highest BCUT2D eigenvalue weighted by atomic mass is 32.2. The van der Waals surface area contributed by atoms with E-state index in [4.69, 9.17) is 0 Å². The lowest BCUT2D eigenvalue weighted by Crippen LogP contribution is -2.25. The second-order valence-electron chi connectivity index (χ2n) is 7.33. The molecule has 3 heterocycles. The minimum absolute atomic E-state index is 0.0862. The lowest BCUT2D eigenvalue weighted by molar-refractivity contribution is 0.0946. The molecule has 0 bridgehead atoms. The van der Waals surface area contributed by atoms with Crippen LogP contribution >= 0.6 is 23.1 Å². The van der Waals surface area contributed by atoms with Crippen molar-refractivity contribution in [3.05, 3.63) is 70.4 Å². The third kappa shape index (κ3) is 4.38. The summed E-state index contributed by atoms with van der Waals surface area (Å²) in [5.74, 6) is 1.27. The molecule has 9 heteroatoms. The fourth-order valence-corrected chi connectivity index (χ4v) is 4.91. The third-order valence-electron chi connectivity index (χ3n) is 4.93. The summed E-state index contributed by atoms with van der Waals surface area (Å²) < 4.78 is 2.06. The molecule has 4 aromatic rings.